The highest BCUT2D eigenvalue weighted by atomic mass is 35.5. The largest absolute Gasteiger partial charge is 0.325 e. The Kier molecular flexibility index (Phi) is 2.51. The summed E-state index contributed by atoms with van der Waals surface area (Å²) >= 11 is 5.90. The van der Waals surface area contributed by atoms with Gasteiger partial charge in [-0.3, -0.25) is 5.32 Å². The second kappa shape index (κ2) is 3.64. The first-order valence-corrected chi connectivity index (χ1v) is 4.76. The fourth-order valence-corrected chi connectivity index (χ4v) is 1.85. The molecule has 0 aromatic rings. The van der Waals surface area contributed by atoms with E-state index in [1.54, 1.807) is 4.90 Å². The van der Waals surface area contributed by atoms with Crippen LogP contribution in [0.25, 0.3) is 0 Å². The number of aliphatic imine (C=N–C) groups is 1. The lowest BCUT2D eigenvalue weighted by atomic mass is 10.3. The summed E-state index contributed by atoms with van der Waals surface area (Å²) in [6.45, 7) is 0.962. The molecular weight excluding hydrogens is 193 g/mol. The van der Waals surface area contributed by atoms with E-state index in [-0.39, 0.29) is 12.0 Å². The minimum atomic E-state index is -0.477. The summed E-state index contributed by atoms with van der Waals surface area (Å²) in [6.07, 6.45) is 4.79. The maximum absolute atomic E-state index is 12.8. The SMILES string of the molecule is FC1=CN(C2CCCN2)[C@H](Cl)N=C1. The van der Waals surface area contributed by atoms with Crippen LogP contribution in [0.1, 0.15) is 12.8 Å². The lowest BCUT2D eigenvalue weighted by Crippen LogP contribution is -2.43. The monoisotopic (exact) mass is 203 g/mol. The maximum Gasteiger partial charge on any atom is 0.198 e. The van der Waals surface area contributed by atoms with Crippen LogP contribution >= 0.6 is 11.6 Å². The number of nitrogens with zero attached hydrogens (tertiary/aromatic N) is 2. The molecule has 2 heterocycles. The molecule has 2 aliphatic rings. The molecule has 2 rings (SSSR count). The molecule has 0 aliphatic carbocycles. The molecule has 1 fully saturated rings. The van der Waals surface area contributed by atoms with Crippen LogP contribution in [0.5, 0.6) is 0 Å². The summed E-state index contributed by atoms with van der Waals surface area (Å²) in [5, 5.41) is 3.23. The van der Waals surface area contributed by atoms with Crippen LogP contribution in [0.4, 0.5) is 4.39 Å². The van der Waals surface area contributed by atoms with Crippen LogP contribution in [-0.2, 0) is 0 Å². The first-order chi connectivity index (χ1) is 6.27. The molecule has 0 bridgehead atoms. The topological polar surface area (TPSA) is 27.6 Å². The van der Waals surface area contributed by atoms with Gasteiger partial charge in [0.2, 0.25) is 0 Å². The molecule has 2 aliphatic heterocycles. The van der Waals surface area contributed by atoms with E-state index in [0.717, 1.165) is 25.6 Å². The van der Waals surface area contributed by atoms with Crippen molar-refractivity contribution in [3.05, 3.63) is 12.0 Å². The Balaban J connectivity index is 2.08. The van der Waals surface area contributed by atoms with Gasteiger partial charge in [-0.05, 0) is 19.4 Å². The molecule has 1 unspecified atom stereocenters. The lowest BCUT2D eigenvalue weighted by Gasteiger charge is -2.31. The van der Waals surface area contributed by atoms with Crippen LogP contribution in [0, 0.1) is 0 Å². The van der Waals surface area contributed by atoms with Crippen molar-refractivity contribution in [1.82, 2.24) is 10.2 Å². The zero-order valence-electron chi connectivity index (χ0n) is 7.08. The third-order valence-corrected chi connectivity index (χ3v) is 2.57. The van der Waals surface area contributed by atoms with Crippen molar-refractivity contribution in [3.63, 3.8) is 0 Å². The predicted molar refractivity (Wildman–Crippen MR) is 50.2 cm³/mol. The number of hydrogen-bond acceptors (Lipinski definition) is 3. The Morgan fingerprint density at radius 3 is 3.23 bits per heavy atom. The van der Waals surface area contributed by atoms with Gasteiger partial charge in [0.15, 0.2) is 11.5 Å². The number of alkyl halides is 1. The summed E-state index contributed by atoms with van der Waals surface area (Å²) in [5.41, 5.74) is -0.477. The maximum atomic E-state index is 12.8. The van der Waals surface area contributed by atoms with Crippen LogP contribution in [0.2, 0.25) is 0 Å². The molecule has 13 heavy (non-hydrogen) atoms. The number of allylic oxidation sites excluding steroid dienone is 1. The molecule has 72 valence electrons. The minimum Gasteiger partial charge on any atom is -0.325 e. The third-order valence-electron chi connectivity index (χ3n) is 2.23. The van der Waals surface area contributed by atoms with Crippen LogP contribution in [0.3, 0.4) is 0 Å². The molecule has 0 amide bonds. The van der Waals surface area contributed by atoms with Gasteiger partial charge in [0.25, 0.3) is 0 Å². The zero-order valence-corrected chi connectivity index (χ0v) is 7.84. The standard InChI is InChI=1S/C8H11ClFN3/c9-8-12-4-6(10)5-13(8)7-2-1-3-11-7/h4-5,7-8,11H,1-3H2/t7?,8-/m1/s1. The molecule has 0 aromatic heterocycles. The van der Waals surface area contributed by atoms with E-state index in [0.29, 0.717) is 0 Å². The Morgan fingerprint density at radius 1 is 1.69 bits per heavy atom. The Hall–Kier alpha value is -0.610. The Labute approximate surface area is 81.3 Å². The average molecular weight is 204 g/mol. The van der Waals surface area contributed by atoms with E-state index >= 15 is 0 Å². The van der Waals surface area contributed by atoms with E-state index in [1.165, 1.54) is 6.20 Å². The summed E-state index contributed by atoms with van der Waals surface area (Å²) in [6, 6.07) is 0. The van der Waals surface area contributed by atoms with E-state index in [4.69, 9.17) is 11.6 Å². The first kappa shape index (κ1) is 8.97. The highest BCUT2D eigenvalue weighted by Gasteiger charge is 2.26. The number of nitrogens with one attached hydrogen (secondary N) is 1. The average Bonchev–Trinajstić information content (AvgIpc) is 2.61. The van der Waals surface area contributed by atoms with Gasteiger partial charge in [0.1, 0.15) is 0 Å². The van der Waals surface area contributed by atoms with Gasteiger partial charge < -0.3 is 4.90 Å². The molecule has 3 nitrogen and oxygen atoms in total. The van der Waals surface area contributed by atoms with Gasteiger partial charge in [-0.2, -0.15) is 0 Å². The number of rotatable bonds is 1. The van der Waals surface area contributed by atoms with Gasteiger partial charge in [-0.25, -0.2) is 9.38 Å². The minimum absolute atomic E-state index is 0.130. The van der Waals surface area contributed by atoms with Crippen molar-refractivity contribution < 1.29 is 4.39 Å². The predicted octanol–water partition coefficient (Wildman–Crippen LogP) is 1.42. The van der Waals surface area contributed by atoms with Gasteiger partial charge in [-0.15, -0.1) is 0 Å². The Morgan fingerprint density at radius 2 is 2.54 bits per heavy atom. The summed E-state index contributed by atoms with van der Waals surface area (Å²) < 4.78 is 12.8. The van der Waals surface area contributed by atoms with Crippen molar-refractivity contribution in [2.24, 2.45) is 4.99 Å². The summed E-state index contributed by atoms with van der Waals surface area (Å²) in [7, 11) is 0. The van der Waals surface area contributed by atoms with Crippen molar-refractivity contribution in [2.75, 3.05) is 6.54 Å². The van der Waals surface area contributed by atoms with E-state index in [1.807, 2.05) is 0 Å². The Bertz CT molecular complexity index is 248. The zero-order chi connectivity index (χ0) is 9.26. The van der Waals surface area contributed by atoms with Crippen LogP contribution in [0.15, 0.2) is 17.0 Å². The van der Waals surface area contributed by atoms with Gasteiger partial charge in [0.05, 0.1) is 12.4 Å². The molecule has 1 saturated heterocycles. The first-order valence-electron chi connectivity index (χ1n) is 4.33. The van der Waals surface area contributed by atoms with E-state index < -0.39 is 5.62 Å². The van der Waals surface area contributed by atoms with Crippen molar-refractivity contribution >= 4 is 17.8 Å². The van der Waals surface area contributed by atoms with Crippen molar-refractivity contribution in [2.45, 2.75) is 24.6 Å². The highest BCUT2D eigenvalue weighted by Crippen LogP contribution is 2.21. The molecule has 1 N–H and O–H groups in total. The fourth-order valence-electron chi connectivity index (χ4n) is 1.61. The van der Waals surface area contributed by atoms with Crippen molar-refractivity contribution in [3.8, 4) is 0 Å². The van der Waals surface area contributed by atoms with Gasteiger partial charge >= 0.3 is 0 Å². The van der Waals surface area contributed by atoms with Gasteiger partial charge in [0, 0.05) is 6.20 Å². The smallest absolute Gasteiger partial charge is 0.198 e. The summed E-state index contributed by atoms with van der Waals surface area (Å²) in [5.74, 6) is -0.342. The number of hydrogen-bond donors (Lipinski definition) is 1. The molecule has 0 saturated carbocycles. The molecule has 2 atom stereocenters. The summed E-state index contributed by atoms with van der Waals surface area (Å²) in [4.78, 5) is 5.53. The highest BCUT2D eigenvalue weighted by molar-refractivity contribution is 6.20. The molecular formula is C8H11ClFN3. The second-order valence-electron chi connectivity index (χ2n) is 3.16. The molecule has 0 aromatic carbocycles. The quantitative estimate of drug-likeness (QED) is 0.516. The fraction of sp³-hybridized carbons (Fsp3) is 0.625. The van der Waals surface area contributed by atoms with E-state index in [9.17, 15) is 4.39 Å². The second-order valence-corrected chi connectivity index (χ2v) is 3.55. The van der Waals surface area contributed by atoms with E-state index in [2.05, 4.69) is 10.3 Å². The molecule has 5 heteroatoms. The van der Waals surface area contributed by atoms with Crippen molar-refractivity contribution in [1.29, 1.82) is 0 Å². The number of halogens is 2. The van der Waals surface area contributed by atoms with Crippen LogP contribution < -0.4 is 5.32 Å². The molecule has 0 spiro atoms. The molecule has 0 radical (unpaired) electrons. The third kappa shape index (κ3) is 1.84. The van der Waals surface area contributed by atoms with Crippen LogP contribution in [-0.4, -0.2) is 29.4 Å². The lowest BCUT2D eigenvalue weighted by molar-refractivity contribution is 0.234. The normalized spacial score (nSPS) is 33.7. The van der Waals surface area contributed by atoms with Gasteiger partial charge in [-0.1, -0.05) is 11.6 Å².